The van der Waals surface area contributed by atoms with Crippen molar-refractivity contribution in [1.29, 1.82) is 0 Å². The van der Waals surface area contributed by atoms with Gasteiger partial charge in [0.05, 0.1) is 32.6 Å². The van der Waals surface area contributed by atoms with Gasteiger partial charge in [-0.05, 0) is 30.5 Å². The van der Waals surface area contributed by atoms with Crippen LogP contribution >= 0.6 is 0 Å². The van der Waals surface area contributed by atoms with Crippen LogP contribution in [0.2, 0.25) is 0 Å². The Morgan fingerprint density at radius 2 is 2.00 bits per heavy atom. The zero-order chi connectivity index (χ0) is 19.5. The van der Waals surface area contributed by atoms with Crippen LogP contribution in [0.1, 0.15) is 23.5 Å². The molecule has 2 aromatic rings. The van der Waals surface area contributed by atoms with Crippen LogP contribution in [0, 0.1) is 11.8 Å². The smallest absolute Gasteiger partial charge is 0.187 e. The molecule has 0 saturated carbocycles. The Morgan fingerprint density at radius 3 is 2.75 bits per heavy atom. The number of benzene rings is 1. The zero-order valence-corrected chi connectivity index (χ0v) is 16.2. The Bertz CT molecular complexity index is 911. The molecule has 1 saturated heterocycles. The summed E-state index contributed by atoms with van der Waals surface area (Å²) in [5.41, 5.74) is 1.75. The monoisotopic (exact) mass is 385 g/mol. The van der Waals surface area contributed by atoms with Crippen LogP contribution in [0.4, 0.5) is 5.82 Å². The standard InChI is InChI=1S/C20H23N3O5/c1-22-16-12-27-28-13-23(9-8-15-11-26-15)20(16)21-19(22)7-5-14-4-6-17(24-2)18(10-14)25-3/h4,6,10,15H,8-9,11-13H2,1-3H3. The van der Waals surface area contributed by atoms with Gasteiger partial charge in [-0.25, -0.2) is 14.8 Å². The summed E-state index contributed by atoms with van der Waals surface area (Å²) < 4.78 is 17.9. The summed E-state index contributed by atoms with van der Waals surface area (Å²) in [6.45, 7) is 2.29. The summed E-state index contributed by atoms with van der Waals surface area (Å²) >= 11 is 0. The first kappa shape index (κ1) is 18.6. The van der Waals surface area contributed by atoms with Gasteiger partial charge in [-0.15, -0.1) is 0 Å². The Kier molecular flexibility index (Phi) is 5.39. The number of anilines is 1. The van der Waals surface area contributed by atoms with Crippen LogP contribution in [0.15, 0.2) is 18.2 Å². The molecule has 0 amide bonds. The maximum Gasteiger partial charge on any atom is 0.187 e. The van der Waals surface area contributed by atoms with Crippen molar-refractivity contribution in [3.05, 3.63) is 35.3 Å². The molecule has 3 heterocycles. The molecule has 1 fully saturated rings. The van der Waals surface area contributed by atoms with Gasteiger partial charge >= 0.3 is 0 Å². The molecule has 0 aliphatic carbocycles. The first-order valence-electron chi connectivity index (χ1n) is 9.10. The fourth-order valence-corrected chi connectivity index (χ4v) is 3.05. The fourth-order valence-electron chi connectivity index (χ4n) is 3.05. The molecule has 1 aromatic carbocycles. The third-order valence-electron chi connectivity index (χ3n) is 4.81. The molecule has 2 aliphatic rings. The van der Waals surface area contributed by atoms with Crippen molar-refractivity contribution >= 4 is 5.82 Å². The second kappa shape index (κ2) is 8.10. The molecule has 148 valence electrons. The number of nitrogens with zero attached hydrogens (tertiary/aromatic N) is 3. The van der Waals surface area contributed by atoms with Crippen molar-refractivity contribution in [2.45, 2.75) is 19.1 Å². The highest BCUT2D eigenvalue weighted by Crippen LogP contribution is 2.28. The number of methoxy groups -OCH3 is 2. The van der Waals surface area contributed by atoms with E-state index in [2.05, 4.69) is 16.7 Å². The highest BCUT2D eigenvalue weighted by Gasteiger charge is 2.27. The maximum absolute atomic E-state index is 5.34. The Labute approximate surface area is 163 Å². The van der Waals surface area contributed by atoms with Gasteiger partial charge in [-0.3, -0.25) is 0 Å². The van der Waals surface area contributed by atoms with Crippen molar-refractivity contribution < 1.29 is 24.0 Å². The molecular weight excluding hydrogens is 362 g/mol. The molecular formula is C20H23N3O5. The first-order valence-corrected chi connectivity index (χ1v) is 9.10. The van der Waals surface area contributed by atoms with E-state index in [4.69, 9.17) is 29.0 Å². The van der Waals surface area contributed by atoms with Crippen molar-refractivity contribution in [1.82, 2.24) is 9.55 Å². The molecule has 0 N–H and O–H groups in total. The third-order valence-corrected chi connectivity index (χ3v) is 4.81. The number of fused-ring (bicyclic) bond motifs is 1. The first-order chi connectivity index (χ1) is 13.7. The molecule has 1 atom stereocenters. The van der Waals surface area contributed by atoms with Gasteiger partial charge in [0.15, 0.2) is 29.9 Å². The van der Waals surface area contributed by atoms with E-state index in [1.54, 1.807) is 14.2 Å². The second-order valence-electron chi connectivity index (χ2n) is 6.60. The van der Waals surface area contributed by atoms with Crippen LogP contribution in [-0.2, 0) is 28.2 Å². The molecule has 1 aromatic heterocycles. The number of epoxide rings is 1. The van der Waals surface area contributed by atoms with Crippen LogP contribution < -0.4 is 14.4 Å². The molecule has 1 unspecified atom stereocenters. The zero-order valence-electron chi connectivity index (χ0n) is 16.2. The summed E-state index contributed by atoms with van der Waals surface area (Å²) in [5, 5.41) is 0. The van der Waals surface area contributed by atoms with Gasteiger partial charge in [-0.2, -0.15) is 0 Å². The highest BCUT2D eigenvalue weighted by atomic mass is 17.2. The lowest BCUT2D eigenvalue weighted by atomic mass is 10.2. The number of imidazole rings is 1. The number of ether oxygens (including phenoxy) is 3. The molecule has 8 heteroatoms. The van der Waals surface area contributed by atoms with E-state index < -0.39 is 0 Å². The Morgan fingerprint density at radius 1 is 1.18 bits per heavy atom. The van der Waals surface area contributed by atoms with Crippen LogP contribution in [0.5, 0.6) is 11.5 Å². The third kappa shape index (κ3) is 3.92. The molecule has 0 spiro atoms. The largest absolute Gasteiger partial charge is 0.493 e. The van der Waals surface area contributed by atoms with Crippen LogP contribution in [0.3, 0.4) is 0 Å². The average molecular weight is 385 g/mol. The van der Waals surface area contributed by atoms with Gasteiger partial charge in [0, 0.05) is 19.2 Å². The van der Waals surface area contributed by atoms with E-state index in [1.807, 2.05) is 29.8 Å². The van der Waals surface area contributed by atoms with E-state index in [0.717, 1.165) is 36.6 Å². The van der Waals surface area contributed by atoms with Crippen LogP contribution in [-0.4, -0.2) is 49.8 Å². The summed E-state index contributed by atoms with van der Waals surface area (Å²) in [6, 6.07) is 5.57. The molecule has 0 bridgehead atoms. The summed E-state index contributed by atoms with van der Waals surface area (Å²) in [6.07, 6.45) is 1.28. The SMILES string of the molecule is COc1ccc(C#Cc2nc3c(n2C)COOCN3CCC2CO2)cc1OC. The lowest BCUT2D eigenvalue weighted by Crippen LogP contribution is -2.27. The number of rotatable bonds is 5. The van der Waals surface area contributed by atoms with E-state index in [0.29, 0.717) is 36.8 Å². The van der Waals surface area contributed by atoms with Crippen LogP contribution in [0.25, 0.3) is 0 Å². The molecule has 4 rings (SSSR count). The Hall–Kier alpha value is -2.73. The van der Waals surface area contributed by atoms with Crippen molar-refractivity contribution in [3.8, 4) is 23.3 Å². The minimum Gasteiger partial charge on any atom is -0.493 e. The van der Waals surface area contributed by atoms with E-state index >= 15 is 0 Å². The average Bonchev–Trinajstić information content (AvgIpc) is 3.52. The lowest BCUT2D eigenvalue weighted by molar-refractivity contribution is -0.301. The minimum absolute atomic E-state index is 0.327. The topological polar surface area (TPSA) is 70.5 Å². The van der Waals surface area contributed by atoms with E-state index in [-0.39, 0.29) is 0 Å². The van der Waals surface area contributed by atoms with Gasteiger partial charge in [0.1, 0.15) is 6.61 Å². The second-order valence-corrected chi connectivity index (χ2v) is 6.60. The normalized spacial score (nSPS) is 18.0. The predicted molar refractivity (Wildman–Crippen MR) is 101 cm³/mol. The van der Waals surface area contributed by atoms with Gasteiger partial charge in [0.25, 0.3) is 0 Å². The highest BCUT2D eigenvalue weighted by molar-refractivity contribution is 5.52. The fraction of sp³-hybridized carbons (Fsp3) is 0.450. The minimum atomic E-state index is 0.327. The van der Waals surface area contributed by atoms with Crippen molar-refractivity contribution in [2.75, 3.05) is 39.0 Å². The van der Waals surface area contributed by atoms with E-state index in [9.17, 15) is 0 Å². The molecule has 28 heavy (non-hydrogen) atoms. The molecule has 8 nitrogen and oxygen atoms in total. The molecule has 2 aliphatic heterocycles. The Balaban J connectivity index is 1.59. The number of hydrogen-bond acceptors (Lipinski definition) is 7. The number of aromatic nitrogens is 2. The summed E-state index contributed by atoms with van der Waals surface area (Å²) in [5.74, 6) is 9.12. The quantitative estimate of drug-likeness (QED) is 0.442. The van der Waals surface area contributed by atoms with Crippen molar-refractivity contribution in [2.24, 2.45) is 7.05 Å². The lowest BCUT2D eigenvalue weighted by Gasteiger charge is -2.19. The summed E-state index contributed by atoms with van der Waals surface area (Å²) in [7, 11) is 5.15. The predicted octanol–water partition coefficient (Wildman–Crippen LogP) is 1.85. The molecule has 0 radical (unpaired) electrons. The maximum atomic E-state index is 5.34. The number of hydrogen-bond donors (Lipinski definition) is 0. The van der Waals surface area contributed by atoms with Gasteiger partial charge in [0.2, 0.25) is 0 Å². The van der Waals surface area contributed by atoms with Crippen molar-refractivity contribution in [3.63, 3.8) is 0 Å². The summed E-state index contributed by atoms with van der Waals surface area (Å²) in [4.78, 5) is 17.3. The van der Waals surface area contributed by atoms with Gasteiger partial charge < -0.3 is 23.7 Å². The van der Waals surface area contributed by atoms with Gasteiger partial charge in [-0.1, -0.05) is 5.92 Å². The van der Waals surface area contributed by atoms with E-state index in [1.165, 1.54) is 0 Å².